The van der Waals surface area contributed by atoms with Crippen LogP contribution in [-0.2, 0) is 16.5 Å². The van der Waals surface area contributed by atoms with Crippen molar-refractivity contribution in [2.24, 2.45) is 0 Å². The quantitative estimate of drug-likeness (QED) is 0.0993. The minimum atomic E-state index is -4.27. The van der Waals surface area contributed by atoms with Crippen LogP contribution in [0.5, 0.6) is 5.75 Å². The minimum Gasteiger partial charge on any atom is -0.744 e. The molecule has 7 heteroatoms. The Kier molecular flexibility index (Phi) is 15.5. The van der Waals surface area contributed by atoms with E-state index in [1.165, 1.54) is 75.8 Å². The second-order valence-electron chi connectivity index (χ2n) is 11.1. The zero-order chi connectivity index (χ0) is 29.4. The van der Waals surface area contributed by atoms with Crippen molar-refractivity contribution < 1.29 is 38.9 Å². The van der Waals surface area contributed by atoms with E-state index in [0.717, 1.165) is 17.7 Å². The molecule has 0 aliphatic heterocycles. The Balaban J connectivity index is 0.000000425. The van der Waals surface area contributed by atoms with Gasteiger partial charge in [-0.2, -0.15) is 0 Å². The van der Waals surface area contributed by atoms with Crippen LogP contribution in [0.1, 0.15) is 76.8 Å². The van der Waals surface area contributed by atoms with E-state index in [1.807, 2.05) is 6.92 Å². The first-order chi connectivity index (χ1) is 19.0. The van der Waals surface area contributed by atoms with Gasteiger partial charge in [0, 0.05) is 9.52 Å². The largest absolute Gasteiger partial charge is 0.744 e. The summed E-state index contributed by atoms with van der Waals surface area (Å²) < 4.78 is 39.8. The van der Waals surface area contributed by atoms with Crippen LogP contribution in [0.2, 0.25) is 11.1 Å². The normalized spacial score (nSPS) is 11.8. The Morgan fingerprint density at radius 1 is 0.875 bits per heavy atom. The summed E-state index contributed by atoms with van der Waals surface area (Å²) in [6.45, 7) is 9.15. The van der Waals surface area contributed by atoms with E-state index in [-0.39, 0.29) is 35.6 Å². The highest BCUT2D eigenvalue weighted by atomic mass is 127. The van der Waals surface area contributed by atoms with E-state index in [9.17, 15) is 13.0 Å². The minimum absolute atomic E-state index is 0.0253. The summed E-state index contributed by atoms with van der Waals surface area (Å²) in [4.78, 5) is -0.178. The van der Waals surface area contributed by atoms with Crippen molar-refractivity contribution in [3.05, 3.63) is 91.1 Å². The van der Waals surface area contributed by atoms with Gasteiger partial charge in [-0.1, -0.05) is 108 Å². The lowest BCUT2D eigenvalue weighted by Gasteiger charge is -2.24. The van der Waals surface area contributed by atoms with Crippen LogP contribution < -0.4 is 25.9 Å². The van der Waals surface area contributed by atoms with Crippen LogP contribution in [-0.4, -0.2) is 29.6 Å². The molecule has 0 unspecified atom stereocenters. The highest BCUT2D eigenvalue weighted by Gasteiger charge is 2.19. The number of benzene rings is 3. The van der Waals surface area contributed by atoms with Gasteiger partial charge in [-0.05, 0) is 66.4 Å². The Hall–Kier alpha value is -1.68. The van der Waals surface area contributed by atoms with Gasteiger partial charge < -0.3 is 9.29 Å². The Labute approximate surface area is 256 Å². The van der Waals surface area contributed by atoms with E-state index < -0.39 is 10.1 Å². The lowest BCUT2D eigenvalue weighted by atomic mass is 10.0. The number of aryl methyl sites for hydroxylation is 2. The average Bonchev–Trinajstić information content (AvgIpc) is 2.92. The summed E-state index contributed by atoms with van der Waals surface area (Å²) in [5, 5.41) is 0.622. The molecule has 0 fully saturated rings. The Morgan fingerprint density at radius 3 is 2.17 bits per heavy atom. The second-order valence-corrected chi connectivity index (χ2v) is 18.7. The van der Waals surface area contributed by atoms with Gasteiger partial charge in [-0.15, -0.1) is 0 Å². The molecule has 0 bridgehead atoms. The fourth-order valence-electron chi connectivity index (χ4n) is 4.56. The zero-order valence-electron chi connectivity index (χ0n) is 24.9. The van der Waals surface area contributed by atoms with Crippen molar-refractivity contribution in [3.8, 4) is 5.75 Å². The summed E-state index contributed by atoms with van der Waals surface area (Å²) in [7, 11) is -2.49. The van der Waals surface area contributed by atoms with Crippen LogP contribution in [0.25, 0.3) is 0 Å². The Bertz CT molecular complexity index is 1230. The third kappa shape index (κ3) is 13.8. The molecular formula is C33H47IO4SSi. The van der Waals surface area contributed by atoms with E-state index in [0.29, 0.717) is 5.04 Å². The maximum Gasteiger partial charge on any atom is 0.357 e. The van der Waals surface area contributed by atoms with Crippen molar-refractivity contribution in [3.63, 3.8) is 0 Å². The van der Waals surface area contributed by atoms with Crippen LogP contribution in [0.3, 0.4) is 0 Å². The molecule has 0 saturated heterocycles. The third-order valence-electron chi connectivity index (χ3n) is 7.01. The summed E-state index contributed by atoms with van der Waals surface area (Å²) in [5.41, 5.74) is 2.34. The van der Waals surface area contributed by atoms with Gasteiger partial charge >= 0.3 is 21.2 Å². The molecule has 3 rings (SSSR count). The summed E-state index contributed by atoms with van der Waals surface area (Å²) in [6, 6.07) is 25.0. The van der Waals surface area contributed by atoms with Crippen molar-refractivity contribution in [1.82, 2.24) is 0 Å². The Morgan fingerprint density at radius 2 is 1.55 bits per heavy atom. The van der Waals surface area contributed by atoms with Gasteiger partial charge in [0.05, 0.1) is 12.0 Å². The molecule has 0 atom stereocenters. The van der Waals surface area contributed by atoms with E-state index in [4.69, 9.17) is 4.74 Å². The predicted molar refractivity (Wildman–Crippen MR) is 165 cm³/mol. The van der Waals surface area contributed by atoms with Gasteiger partial charge in [0.1, 0.15) is 15.9 Å². The lowest BCUT2D eigenvalue weighted by molar-refractivity contribution is -0.597. The monoisotopic (exact) mass is 694 g/mol. The van der Waals surface area contributed by atoms with Crippen LogP contribution in [0.15, 0.2) is 77.7 Å². The first-order valence-corrected chi connectivity index (χ1v) is 19.7. The number of halogens is 1. The van der Waals surface area contributed by atoms with Gasteiger partial charge in [0.25, 0.3) is 0 Å². The second kappa shape index (κ2) is 18.0. The summed E-state index contributed by atoms with van der Waals surface area (Å²) in [6.07, 6.45) is 10.9. The van der Waals surface area contributed by atoms with Crippen LogP contribution >= 0.6 is 0 Å². The molecule has 0 saturated carbocycles. The first kappa shape index (κ1) is 34.5. The molecule has 0 amide bonds. The lowest BCUT2D eigenvalue weighted by Crippen LogP contribution is -3.61. The highest BCUT2D eigenvalue weighted by molar-refractivity contribution is 7.85. The number of hydrogen-bond donors (Lipinski definition) is 0. The number of hydrogen-bond acceptors (Lipinski definition) is 4. The molecule has 220 valence electrons. The molecule has 0 radical (unpaired) electrons. The van der Waals surface area contributed by atoms with E-state index in [1.54, 1.807) is 19.2 Å². The number of unbranched alkanes of at least 4 members (excludes halogenated alkanes) is 4. The van der Waals surface area contributed by atoms with Crippen LogP contribution in [0.4, 0.5) is 0 Å². The van der Waals surface area contributed by atoms with Crippen molar-refractivity contribution in [2.75, 3.05) is 7.11 Å². The third-order valence-corrected chi connectivity index (χ3v) is 13.1. The fraction of sp³-hybridized carbons (Fsp3) is 0.455. The smallest absolute Gasteiger partial charge is 0.357 e. The molecule has 0 aliphatic rings. The molecule has 3 aromatic rings. The van der Waals surface area contributed by atoms with Gasteiger partial charge in [-0.3, -0.25) is 0 Å². The van der Waals surface area contributed by atoms with Crippen molar-refractivity contribution in [1.29, 1.82) is 0 Å². The number of rotatable bonds is 15. The zero-order valence-corrected chi connectivity index (χ0v) is 29.3. The number of methoxy groups -OCH3 is 1. The molecule has 0 heterocycles. The molecule has 4 nitrogen and oxygen atoms in total. The fourth-order valence-corrected chi connectivity index (χ4v) is 9.37. The summed E-state index contributed by atoms with van der Waals surface area (Å²) >= 11 is -0.104. The van der Waals surface area contributed by atoms with Crippen LogP contribution in [0, 0.1) is 14.1 Å². The number of ether oxygens (including phenoxy) is 1. The van der Waals surface area contributed by atoms with Crippen molar-refractivity contribution >= 4 is 19.6 Å². The first-order valence-electron chi connectivity index (χ1n) is 14.4. The topological polar surface area (TPSA) is 66.4 Å². The van der Waals surface area contributed by atoms with Gasteiger partial charge in [-0.25, -0.2) is 8.42 Å². The molecule has 0 spiro atoms. The predicted octanol–water partition coefficient (Wildman–Crippen LogP) is 4.80. The SMILES string of the molecule is CCCCCCCC(C)(C)[SiH2]CCCc1cc([I+]c2ccccc2)ccc1OC.Cc1ccc(S(=O)(=O)[O-])cc1. The van der Waals surface area contributed by atoms with E-state index in [2.05, 4.69) is 69.3 Å². The standard InChI is InChI=1S/C26H40IOSi.C7H8O3S/c1-5-6-7-8-12-19-26(2,3)29-20-13-14-22-21-24(17-18-25(22)28-4)27-23-15-10-9-11-16-23;1-6-2-4-7(5-3-6)11(8,9)10/h9-11,15-18,21H,5-8,12-14,19-20,29H2,1-4H3;2-5H,1H3,(H,8,9,10)/q+1;/p-1. The van der Waals surface area contributed by atoms with Gasteiger partial charge in [0.2, 0.25) is 0 Å². The molecule has 0 aliphatic carbocycles. The molecule has 40 heavy (non-hydrogen) atoms. The summed E-state index contributed by atoms with van der Waals surface area (Å²) in [5.74, 6) is 1.07. The van der Waals surface area contributed by atoms with E-state index >= 15 is 0 Å². The highest BCUT2D eigenvalue weighted by Crippen LogP contribution is 2.32. The average molecular weight is 695 g/mol. The van der Waals surface area contributed by atoms with Gasteiger partial charge in [0.15, 0.2) is 7.14 Å². The maximum atomic E-state index is 10.4. The maximum absolute atomic E-state index is 10.4. The molecule has 3 aromatic carbocycles. The molecular weight excluding hydrogens is 647 g/mol. The molecule has 0 aromatic heterocycles. The molecule has 0 N–H and O–H groups in total. The van der Waals surface area contributed by atoms with Crippen molar-refractivity contribution in [2.45, 2.75) is 95.0 Å².